The van der Waals surface area contributed by atoms with Crippen LogP contribution in [0.15, 0.2) is 23.6 Å². The summed E-state index contributed by atoms with van der Waals surface area (Å²) in [4.78, 5) is 0. The fourth-order valence-corrected chi connectivity index (χ4v) is 4.82. The second-order valence-corrected chi connectivity index (χ2v) is 5.59. The third kappa shape index (κ3) is 1.60. The first-order valence-corrected chi connectivity index (χ1v) is 6.29. The summed E-state index contributed by atoms with van der Waals surface area (Å²) in [5, 5.41) is 0. The van der Waals surface area contributed by atoms with E-state index in [1.807, 2.05) is 21.6 Å². The van der Waals surface area contributed by atoms with Gasteiger partial charge in [-0.1, -0.05) is 33.1 Å². The summed E-state index contributed by atoms with van der Waals surface area (Å²) in [6.07, 6.45) is 6.65. The Bertz CT molecular complexity index is 216. The Morgan fingerprint density at radius 3 is 2.09 bits per heavy atom. The molecule has 0 bridgehead atoms. The van der Waals surface area contributed by atoms with Gasteiger partial charge >= 0.3 is 0 Å². The maximum atomic E-state index is 3.05. The number of hydrogen-bond acceptors (Lipinski definition) is 2. The van der Waals surface area contributed by atoms with Crippen molar-refractivity contribution in [3.05, 3.63) is 23.6 Å². The van der Waals surface area contributed by atoms with Gasteiger partial charge in [0.05, 0.1) is 0 Å². The number of rotatable bonds is 0. The minimum atomic E-state index is 0.547. The van der Waals surface area contributed by atoms with Gasteiger partial charge < -0.3 is 0 Å². The second-order valence-electron chi connectivity index (χ2n) is 3.13. The highest BCUT2D eigenvalue weighted by molar-refractivity contribution is 8.77. The molecule has 1 aliphatic heterocycles. The fourth-order valence-electron chi connectivity index (χ4n) is 1.35. The van der Waals surface area contributed by atoms with Gasteiger partial charge in [0.25, 0.3) is 0 Å². The molecule has 1 heterocycles. The summed E-state index contributed by atoms with van der Waals surface area (Å²) in [5.41, 5.74) is 6.65. The molecule has 2 heteroatoms. The predicted molar refractivity (Wildman–Crippen MR) is 52.7 cm³/mol. The minimum Gasteiger partial charge on any atom is -0.0935 e. The Morgan fingerprint density at radius 2 is 1.55 bits per heavy atom. The third-order valence-electron chi connectivity index (χ3n) is 2.17. The largest absolute Gasteiger partial charge is 0.0935 e. The molecule has 0 nitrogen and oxygen atoms in total. The highest BCUT2D eigenvalue weighted by Gasteiger charge is 2.33. The van der Waals surface area contributed by atoms with Gasteiger partial charge in [0.15, 0.2) is 0 Å². The van der Waals surface area contributed by atoms with Crippen LogP contribution < -0.4 is 0 Å². The van der Waals surface area contributed by atoms with Crippen molar-refractivity contribution in [2.24, 2.45) is 5.41 Å². The van der Waals surface area contributed by atoms with Crippen LogP contribution in [-0.2, 0) is 0 Å². The predicted octanol–water partition coefficient (Wildman–Crippen LogP) is 3.03. The summed E-state index contributed by atoms with van der Waals surface area (Å²) in [6.45, 7) is 0. The lowest BCUT2D eigenvalue weighted by molar-refractivity contribution is 0.404. The standard InChI is InChI=1S/C9H10S2/c1-2-4-6-9(5-3-1)7-10-11-8-9/h3-4H,5-8H2. The van der Waals surface area contributed by atoms with Crippen molar-refractivity contribution >= 4 is 21.6 Å². The fraction of sp³-hybridized carbons (Fsp3) is 0.556. The Morgan fingerprint density at radius 1 is 1.00 bits per heavy atom. The maximum absolute atomic E-state index is 3.05. The Hall–Kier alpha value is -0.000000000000000111. The van der Waals surface area contributed by atoms with E-state index in [4.69, 9.17) is 0 Å². The highest BCUT2D eigenvalue weighted by Crippen LogP contribution is 2.47. The molecule has 1 spiro atoms. The van der Waals surface area contributed by atoms with E-state index in [9.17, 15) is 0 Å². The van der Waals surface area contributed by atoms with Crippen LogP contribution in [-0.4, -0.2) is 11.5 Å². The van der Waals surface area contributed by atoms with Crippen LogP contribution in [0.25, 0.3) is 0 Å². The maximum Gasteiger partial charge on any atom is 0.0108 e. The minimum absolute atomic E-state index is 0.547. The summed E-state index contributed by atoms with van der Waals surface area (Å²) < 4.78 is 0. The van der Waals surface area contributed by atoms with Gasteiger partial charge in [0, 0.05) is 11.5 Å². The van der Waals surface area contributed by atoms with E-state index in [0.29, 0.717) is 5.41 Å². The first-order valence-electron chi connectivity index (χ1n) is 3.80. The smallest absolute Gasteiger partial charge is 0.0108 e. The van der Waals surface area contributed by atoms with Crippen molar-refractivity contribution in [2.75, 3.05) is 11.5 Å². The molecule has 0 radical (unpaired) electrons. The Kier molecular flexibility index (Phi) is 2.20. The molecule has 0 unspecified atom stereocenters. The molecular weight excluding hydrogens is 172 g/mol. The van der Waals surface area contributed by atoms with Gasteiger partial charge in [-0.25, -0.2) is 0 Å². The molecule has 0 amide bonds. The lowest BCUT2D eigenvalue weighted by Crippen LogP contribution is -2.20. The van der Waals surface area contributed by atoms with Crippen LogP contribution in [0.5, 0.6) is 0 Å². The van der Waals surface area contributed by atoms with E-state index in [2.05, 4.69) is 23.6 Å². The highest BCUT2D eigenvalue weighted by atomic mass is 33.1. The van der Waals surface area contributed by atoms with Crippen LogP contribution in [0.4, 0.5) is 0 Å². The summed E-state index contributed by atoms with van der Waals surface area (Å²) in [7, 11) is 4.02. The van der Waals surface area contributed by atoms with Crippen molar-refractivity contribution in [1.82, 2.24) is 0 Å². The zero-order valence-electron chi connectivity index (χ0n) is 6.30. The van der Waals surface area contributed by atoms with E-state index < -0.39 is 0 Å². The SMILES string of the molecule is C1=C=CCC2(CC=1)CSSC2. The molecule has 1 saturated heterocycles. The van der Waals surface area contributed by atoms with Crippen LogP contribution in [0.1, 0.15) is 12.8 Å². The Balaban J connectivity index is 2.17. The van der Waals surface area contributed by atoms with E-state index >= 15 is 0 Å². The topological polar surface area (TPSA) is 0 Å². The molecule has 0 saturated carbocycles. The molecular formula is C9H10S2. The van der Waals surface area contributed by atoms with E-state index in [-0.39, 0.29) is 0 Å². The molecule has 1 aliphatic carbocycles. The second kappa shape index (κ2) is 3.16. The number of hydrogen-bond donors (Lipinski definition) is 0. The van der Waals surface area contributed by atoms with E-state index in [1.54, 1.807) is 0 Å². The van der Waals surface area contributed by atoms with Crippen LogP contribution in [0.2, 0.25) is 0 Å². The number of allylic oxidation sites excluding steroid dienone is 2. The zero-order valence-corrected chi connectivity index (χ0v) is 7.93. The first-order chi connectivity index (χ1) is 5.41. The molecule has 0 N–H and O–H groups in total. The third-order valence-corrected chi connectivity index (χ3v) is 5.01. The van der Waals surface area contributed by atoms with Gasteiger partial charge in [-0.05, 0) is 30.4 Å². The van der Waals surface area contributed by atoms with Crippen LogP contribution >= 0.6 is 21.6 Å². The van der Waals surface area contributed by atoms with Gasteiger partial charge in [0.2, 0.25) is 0 Å². The molecule has 58 valence electrons. The van der Waals surface area contributed by atoms with E-state index in [1.165, 1.54) is 24.3 Å². The normalized spacial score (nSPS) is 26.2. The van der Waals surface area contributed by atoms with E-state index in [0.717, 1.165) is 0 Å². The summed E-state index contributed by atoms with van der Waals surface area (Å²) in [5.74, 6) is 2.60. The molecule has 0 atom stereocenters. The average Bonchev–Trinajstić information content (AvgIpc) is 2.32. The average molecular weight is 182 g/mol. The van der Waals surface area contributed by atoms with Gasteiger partial charge in [-0.2, -0.15) is 0 Å². The van der Waals surface area contributed by atoms with Gasteiger partial charge in [-0.15, -0.1) is 0 Å². The zero-order chi connectivity index (χ0) is 7.57. The summed E-state index contributed by atoms with van der Waals surface area (Å²) >= 11 is 0. The van der Waals surface area contributed by atoms with Crippen molar-refractivity contribution in [3.8, 4) is 0 Å². The lowest BCUT2D eigenvalue weighted by atomic mass is 9.86. The Labute approximate surface area is 75.2 Å². The van der Waals surface area contributed by atoms with Crippen LogP contribution in [0.3, 0.4) is 0 Å². The quantitative estimate of drug-likeness (QED) is 0.417. The molecule has 2 aliphatic rings. The molecule has 2 rings (SSSR count). The molecule has 0 aromatic heterocycles. The molecule has 0 aromatic rings. The molecule has 11 heavy (non-hydrogen) atoms. The lowest BCUT2D eigenvalue weighted by Gasteiger charge is -2.22. The van der Waals surface area contributed by atoms with Crippen LogP contribution in [0, 0.1) is 5.41 Å². The van der Waals surface area contributed by atoms with Crippen molar-refractivity contribution in [1.29, 1.82) is 0 Å². The van der Waals surface area contributed by atoms with Crippen molar-refractivity contribution in [3.63, 3.8) is 0 Å². The summed E-state index contributed by atoms with van der Waals surface area (Å²) in [6, 6.07) is 0. The first kappa shape index (κ1) is 7.64. The van der Waals surface area contributed by atoms with Gasteiger partial charge in [0.1, 0.15) is 0 Å². The molecule has 1 fully saturated rings. The monoisotopic (exact) mass is 182 g/mol. The van der Waals surface area contributed by atoms with Crippen molar-refractivity contribution < 1.29 is 0 Å². The van der Waals surface area contributed by atoms with Crippen molar-refractivity contribution in [2.45, 2.75) is 12.8 Å². The molecule has 0 aromatic carbocycles. The van der Waals surface area contributed by atoms with Gasteiger partial charge in [-0.3, -0.25) is 0 Å².